The van der Waals surface area contributed by atoms with Crippen LogP contribution < -0.4 is 0 Å². The minimum absolute atomic E-state index is 0.974. The molecule has 0 aliphatic heterocycles. The van der Waals surface area contributed by atoms with E-state index < -0.39 is 0 Å². The van der Waals surface area contributed by atoms with Crippen LogP contribution in [0.25, 0.3) is 0 Å². The summed E-state index contributed by atoms with van der Waals surface area (Å²) in [6, 6.07) is 4.12. The number of hydrogen-bond acceptors (Lipinski definition) is 1. The maximum absolute atomic E-state index is 4.45. The summed E-state index contributed by atoms with van der Waals surface area (Å²) >= 11 is 0. The van der Waals surface area contributed by atoms with Crippen LogP contribution in [-0.2, 0) is 0 Å². The molecule has 0 aliphatic rings. The fraction of sp³-hybridized carbons (Fsp3) is 0.364. The fourth-order valence-electron chi connectivity index (χ4n) is 1.05. The van der Waals surface area contributed by atoms with E-state index >= 15 is 0 Å². The molecule has 0 fully saturated rings. The van der Waals surface area contributed by atoms with E-state index in [1.807, 2.05) is 32.4 Å². The van der Waals surface area contributed by atoms with Gasteiger partial charge in [-0.3, -0.25) is 0 Å². The van der Waals surface area contributed by atoms with Gasteiger partial charge in [0.25, 0.3) is 0 Å². The molecule has 1 aromatic rings. The Hall–Kier alpha value is -1.31. The number of aryl methyl sites for hydroxylation is 2. The minimum atomic E-state index is 0.974. The van der Waals surface area contributed by atoms with Crippen LogP contribution in [0.1, 0.15) is 25.2 Å². The second-order valence-electron chi connectivity index (χ2n) is 3.39. The SMILES string of the molecule is C=C(C)/C(C)=N/n1c(C)ccc1C. The first-order chi connectivity index (χ1) is 6.02. The van der Waals surface area contributed by atoms with Crippen LogP contribution in [-0.4, -0.2) is 10.4 Å². The van der Waals surface area contributed by atoms with Gasteiger partial charge in [0, 0.05) is 11.4 Å². The zero-order valence-corrected chi connectivity index (χ0v) is 8.76. The zero-order chi connectivity index (χ0) is 10.0. The van der Waals surface area contributed by atoms with Crippen LogP contribution in [0.15, 0.2) is 29.4 Å². The highest BCUT2D eigenvalue weighted by molar-refractivity contribution is 5.96. The lowest BCUT2D eigenvalue weighted by molar-refractivity contribution is 0.812. The molecule has 2 nitrogen and oxygen atoms in total. The molecule has 0 unspecified atom stereocenters. The van der Waals surface area contributed by atoms with Crippen LogP contribution in [0.5, 0.6) is 0 Å². The predicted molar refractivity (Wildman–Crippen MR) is 57.2 cm³/mol. The van der Waals surface area contributed by atoms with Gasteiger partial charge in [0.2, 0.25) is 0 Å². The van der Waals surface area contributed by atoms with Crippen molar-refractivity contribution in [3.63, 3.8) is 0 Å². The third-order valence-corrected chi connectivity index (χ3v) is 2.10. The minimum Gasteiger partial charge on any atom is -0.242 e. The third-order valence-electron chi connectivity index (χ3n) is 2.10. The Kier molecular flexibility index (Phi) is 2.71. The van der Waals surface area contributed by atoms with Gasteiger partial charge in [0.05, 0.1) is 5.71 Å². The molecular formula is C11H16N2. The summed E-state index contributed by atoms with van der Waals surface area (Å²) in [6.45, 7) is 11.9. The molecular weight excluding hydrogens is 160 g/mol. The highest BCUT2D eigenvalue weighted by Gasteiger charge is 1.99. The monoisotopic (exact) mass is 176 g/mol. The van der Waals surface area contributed by atoms with Crippen molar-refractivity contribution in [2.24, 2.45) is 5.10 Å². The standard InChI is InChI=1S/C11H16N2/c1-8(2)11(5)12-13-9(3)6-7-10(13)4/h6-7H,1H2,2-5H3/b12-11+. The number of allylic oxidation sites excluding steroid dienone is 1. The molecule has 13 heavy (non-hydrogen) atoms. The van der Waals surface area contributed by atoms with E-state index in [2.05, 4.69) is 23.8 Å². The summed E-state index contributed by atoms with van der Waals surface area (Å²) in [4.78, 5) is 0. The first-order valence-corrected chi connectivity index (χ1v) is 4.39. The van der Waals surface area contributed by atoms with Crippen LogP contribution in [0, 0.1) is 13.8 Å². The number of aromatic nitrogens is 1. The number of nitrogens with zero attached hydrogens (tertiary/aromatic N) is 2. The molecule has 0 spiro atoms. The Labute approximate surface area is 79.6 Å². The number of rotatable bonds is 2. The Bertz CT molecular complexity index is 337. The van der Waals surface area contributed by atoms with E-state index in [1.54, 1.807) is 0 Å². The highest BCUT2D eigenvalue weighted by atomic mass is 15.4. The van der Waals surface area contributed by atoms with Crippen molar-refractivity contribution in [2.45, 2.75) is 27.7 Å². The van der Waals surface area contributed by atoms with Crippen LogP contribution in [0.2, 0.25) is 0 Å². The molecule has 1 aromatic heterocycles. The summed E-state index contributed by atoms with van der Waals surface area (Å²) in [5, 5.41) is 4.45. The summed E-state index contributed by atoms with van der Waals surface area (Å²) in [7, 11) is 0. The molecule has 0 atom stereocenters. The van der Waals surface area contributed by atoms with Gasteiger partial charge in [-0.25, -0.2) is 4.68 Å². The molecule has 1 heterocycles. The van der Waals surface area contributed by atoms with Gasteiger partial charge in [-0.2, -0.15) is 5.10 Å². The molecule has 2 heteroatoms. The van der Waals surface area contributed by atoms with Gasteiger partial charge in [-0.1, -0.05) is 6.58 Å². The van der Waals surface area contributed by atoms with Gasteiger partial charge >= 0.3 is 0 Å². The van der Waals surface area contributed by atoms with Crippen LogP contribution in [0.3, 0.4) is 0 Å². The molecule has 0 radical (unpaired) electrons. The Morgan fingerprint density at radius 2 is 1.69 bits per heavy atom. The van der Waals surface area contributed by atoms with Gasteiger partial charge in [0.15, 0.2) is 0 Å². The highest BCUT2D eigenvalue weighted by Crippen LogP contribution is 2.07. The van der Waals surface area contributed by atoms with E-state index in [-0.39, 0.29) is 0 Å². The second kappa shape index (κ2) is 3.60. The van der Waals surface area contributed by atoms with E-state index in [0.717, 1.165) is 22.7 Å². The summed E-state index contributed by atoms with van der Waals surface area (Å²) < 4.78 is 1.93. The van der Waals surface area contributed by atoms with Crippen molar-refractivity contribution in [3.8, 4) is 0 Å². The zero-order valence-electron chi connectivity index (χ0n) is 8.76. The van der Waals surface area contributed by atoms with E-state index in [0.29, 0.717) is 0 Å². The maximum atomic E-state index is 4.45. The first-order valence-electron chi connectivity index (χ1n) is 4.39. The number of hydrogen-bond donors (Lipinski definition) is 0. The Morgan fingerprint density at radius 1 is 1.23 bits per heavy atom. The van der Waals surface area contributed by atoms with E-state index in [9.17, 15) is 0 Å². The van der Waals surface area contributed by atoms with Crippen molar-refractivity contribution in [1.29, 1.82) is 0 Å². The smallest absolute Gasteiger partial charge is 0.0605 e. The lowest BCUT2D eigenvalue weighted by Crippen LogP contribution is -2.00. The van der Waals surface area contributed by atoms with Gasteiger partial charge in [-0.15, -0.1) is 0 Å². The van der Waals surface area contributed by atoms with Crippen LogP contribution in [0.4, 0.5) is 0 Å². The normalized spacial score (nSPS) is 11.8. The quantitative estimate of drug-likeness (QED) is 0.616. The van der Waals surface area contributed by atoms with Gasteiger partial charge in [0.1, 0.15) is 0 Å². The van der Waals surface area contributed by atoms with Crippen molar-refractivity contribution >= 4 is 5.71 Å². The summed E-state index contributed by atoms with van der Waals surface area (Å²) in [5.41, 5.74) is 4.28. The molecule has 0 aliphatic carbocycles. The largest absolute Gasteiger partial charge is 0.242 e. The van der Waals surface area contributed by atoms with E-state index in [1.165, 1.54) is 0 Å². The Balaban J connectivity index is 3.10. The predicted octanol–water partition coefficient (Wildman–Crippen LogP) is 2.91. The first kappa shape index (κ1) is 9.78. The molecule has 1 rings (SSSR count). The lowest BCUT2D eigenvalue weighted by Gasteiger charge is -2.04. The maximum Gasteiger partial charge on any atom is 0.0605 e. The summed E-state index contributed by atoms with van der Waals surface area (Å²) in [5.74, 6) is 0. The Morgan fingerprint density at radius 3 is 2.08 bits per heavy atom. The molecule has 0 N–H and O–H groups in total. The second-order valence-corrected chi connectivity index (χ2v) is 3.39. The lowest BCUT2D eigenvalue weighted by atomic mass is 10.2. The third kappa shape index (κ3) is 2.08. The van der Waals surface area contributed by atoms with Gasteiger partial charge < -0.3 is 0 Å². The van der Waals surface area contributed by atoms with Crippen LogP contribution >= 0.6 is 0 Å². The van der Waals surface area contributed by atoms with Crippen molar-refractivity contribution in [1.82, 2.24) is 4.68 Å². The van der Waals surface area contributed by atoms with E-state index in [4.69, 9.17) is 0 Å². The van der Waals surface area contributed by atoms with Gasteiger partial charge in [-0.05, 0) is 45.4 Å². The molecule has 0 amide bonds. The average Bonchev–Trinajstić information content (AvgIpc) is 2.35. The topological polar surface area (TPSA) is 17.3 Å². The molecule has 0 aromatic carbocycles. The summed E-state index contributed by atoms with van der Waals surface area (Å²) in [6.07, 6.45) is 0. The molecule has 0 bridgehead atoms. The molecule has 70 valence electrons. The van der Waals surface area contributed by atoms with Crippen molar-refractivity contribution < 1.29 is 0 Å². The average molecular weight is 176 g/mol. The van der Waals surface area contributed by atoms with Crippen molar-refractivity contribution in [2.75, 3.05) is 0 Å². The molecule has 0 saturated carbocycles. The van der Waals surface area contributed by atoms with Crippen molar-refractivity contribution in [3.05, 3.63) is 35.7 Å². The molecule has 0 saturated heterocycles. The fourth-order valence-corrected chi connectivity index (χ4v) is 1.05.